The van der Waals surface area contributed by atoms with E-state index in [0.29, 0.717) is 18.2 Å². The maximum Gasteiger partial charge on any atom is 0.319 e. The maximum atomic E-state index is 11.8. The summed E-state index contributed by atoms with van der Waals surface area (Å²) < 4.78 is 1.38. The van der Waals surface area contributed by atoms with Crippen LogP contribution in [-0.2, 0) is 11.3 Å². The molecular formula is C14H24N6O2. The van der Waals surface area contributed by atoms with Crippen LogP contribution in [0.5, 0.6) is 0 Å². The summed E-state index contributed by atoms with van der Waals surface area (Å²) in [5, 5.41) is 9.47. The Morgan fingerprint density at radius 3 is 2.82 bits per heavy atom. The Bertz CT molecular complexity index is 509. The van der Waals surface area contributed by atoms with Crippen molar-refractivity contribution in [3.05, 3.63) is 12.4 Å². The molecule has 0 aliphatic carbocycles. The van der Waals surface area contributed by atoms with Gasteiger partial charge in [-0.2, -0.15) is 5.10 Å². The van der Waals surface area contributed by atoms with E-state index in [1.165, 1.54) is 23.7 Å². The summed E-state index contributed by atoms with van der Waals surface area (Å²) in [5.41, 5.74) is 5.61. The first-order chi connectivity index (χ1) is 10.5. The van der Waals surface area contributed by atoms with Crippen LogP contribution in [0.25, 0.3) is 0 Å². The molecule has 0 saturated carbocycles. The Morgan fingerprint density at radius 1 is 1.41 bits per heavy atom. The van der Waals surface area contributed by atoms with E-state index in [-0.39, 0.29) is 12.6 Å². The number of aromatic nitrogens is 2. The smallest absolute Gasteiger partial charge is 0.319 e. The number of likely N-dealkylation sites (tertiary alicyclic amines) is 1. The molecule has 122 valence electrons. The molecule has 2 heterocycles. The minimum atomic E-state index is -0.477. The summed E-state index contributed by atoms with van der Waals surface area (Å²) >= 11 is 0. The lowest BCUT2D eigenvalue weighted by Gasteiger charge is -2.20. The fourth-order valence-electron chi connectivity index (χ4n) is 2.59. The molecule has 1 aliphatic heterocycles. The van der Waals surface area contributed by atoms with Gasteiger partial charge in [0.15, 0.2) is 0 Å². The molecule has 1 aromatic heterocycles. The maximum absolute atomic E-state index is 11.8. The van der Waals surface area contributed by atoms with Crippen LogP contribution in [0, 0.1) is 5.92 Å². The summed E-state index contributed by atoms with van der Waals surface area (Å²) in [4.78, 5) is 25.0. The van der Waals surface area contributed by atoms with Crippen molar-refractivity contribution in [1.82, 2.24) is 20.0 Å². The Morgan fingerprint density at radius 2 is 2.14 bits per heavy atom. The predicted octanol–water partition coefficient (Wildman–Crippen LogP) is 0.222. The fraction of sp³-hybridized carbons (Fsp3) is 0.643. The average Bonchev–Trinajstić information content (AvgIpc) is 3.08. The first kappa shape index (κ1) is 16.3. The molecule has 1 atom stereocenters. The van der Waals surface area contributed by atoms with Crippen LogP contribution in [-0.4, -0.2) is 52.8 Å². The molecule has 0 bridgehead atoms. The van der Waals surface area contributed by atoms with Crippen molar-refractivity contribution in [3.8, 4) is 0 Å². The highest BCUT2D eigenvalue weighted by Crippen LogP contribution is 2.10. The Hall–Kier alpha value is -2.09. The number of rotatable bonds is 7. The molecule has 1 aromatic rings. The average molecular weight is 308 g/mol. The number of anilines is 1. The van der Waals surface area contributed by atoms with Crippen LogP contribution >= 0.6 is 0 Å². The molecule has 1 aliphatic rings. The van der Waals surface area contributed by atoms with Gasteiger partial charge >= 0.3 is 6.03 Å². The van der Waals surface area contributed by atoms with Gasteiger partial charge in [0, 0.05) is 19.3 Å². The van der Waals surface area contributed by atoms with Gasteiger partial charge in [-0.15, -0.1) is 0 Å². The summed E-state index contributed by atoms with van der Waals surface area (Å²) in [6.45, 7) is 6.08. The largest absolute Gasteiger partial charge is 0.368 e. The molecule has 2 rings (SSSR count). The highest BCUT2D eigenvalue weighted by Gasteiger charge is 2.15. The standard InChI is InChI=1S/C14H24N6O2/c1-11(8-19-4-2-3-5-19)6-16-14(22)18-12-7-17-20(9-12)10-13(15)21/h7,9,11H,2-6,8,10H2,1H3,(H2,15,21)(H2,16,18,22). The summed E-state index contributed by atoms with van der Waals surface area (Å²) in [5.74, 6) is -0.0729. The van der Waals surface area contributed by atoms with Crippen molar-refractivity contribution in [2.75, 3.05) is 31.5 Å². The number of nitrogens with one attached hydrogen (secondary N) is 2. The number of amides is 3. The normalized spacial score (nSPS) is 16.4. The van der Waals surface area contributed by atoms with Crippen molar-refractivity contribution in [2.45, 2.75) is 26.3 Å². The van der Waals surface area contributed by atoms with E-state index in [4.69, 9.17) is 5.73 Å². The van der Waals surface area contributed by atoms with E-state index >= 15 is 0 Å². The molecule has 0 spiro atoms. The van der Waals surface area contributed by atoms with Crippen molar-refractivity contribution >= 4 is 17.6 Å². The third kappa shape index (κ3) is 5.36. The van der Waals surface area contributed by atoms with Gasteiger partial charge in [0.2, 0.25) is 5.91 Å². The second-order valence-corrected chi connectivity index (χ2v) is 5.84. The van der Waals surface area contributed by atoms with Crippen molar-refractivity contribution in [3.63, 3.8) is 0 Å². The van der Waals surface area contributed by atoms with E-state index in [2.05, 4.69) is 27.6 Å². The molecular weight excluding hydrogens is 284 g/mol. The van der Waals surface area contributed by atoms with Gasteiger partial charge < -0.3 is 21.3 Å². The Labute approximate surface area is 130 Å². The molecule has 0 radical (unpaired) electrons. The van der Waals surface area contributed by atoms with Crippen LogP contribution < -0.4 is 16.4 Å². The lowest BCUT2D eigenvalue weighted by molar-refractivity contribution is -0.118. The van der Waals surface area contributed by atoms with Gasteiger partial charge in [-0.3, -0.25) is 9.48 Å². The lowest BCUT2D eigenvalue weighted by atomic mass is 10.1. The number of nitrogens with zero attached hydrogens (tertiary/aromatic N) is 3. The second kappa shape index (κ2) is 7.79. The molecule has 1 fully saturated rings. The van der Waals surface area contributed by atoms with E-state index in [0.717, 1.165) is 19.6 Å². The fourth-order valence-corrected chi connectivity index (χ4v) is 2.59. The van der Waals surface area contributed by atoms with Crippen molar-refractivity contribution in [1.29, 1.82) is 0 Å². The van der Waals surface area contributed by atoms with Gasteiger partial charge in [-0.25, -0.2) is 4.79 Å². The van der Waals surface area contributed by atoms with E-state index in [9.17, 15) is 9.59 Å². The minimum Gasteiger partial charge on any atom is -0.368 e. The van der Waals surface area contributed by atoms with Crippen molar-refractivity contribution in [2.24, 2.45) is 11.7 Å². The first-order valence-corrected chi connectivity index (χ1v) is 7.61. The Kier molecular flexibility index (Phi) is 5.76. The summed E-state index contributed by atoms with van der Waals surface area (Å²) in [7, 11) is 0. The topological polar surface area (TPSA) is 105 Å². The molecule has 0 aromatic carbocycles. The van der Waals surface area contributed by atoms with Gasteiger partial charge in [0.25, 0.3) is 0 Å². The minimum absolute atomic E-state index is 0.00380. The zero-order chi connectivity index (χ0) is 15.9. The van der Waals surface area contributed by atoms with Gasteiger partial charge in [0.1, 0.15) is 6.54 Å². The number of hydrogen-bond donors (Lipinski definition) is 3. The molecule has 1 saturated heterocycles. The van der Waals surface area contributed by atoms with Crippen molar-refractivity contribution < 1.29 is 9.59 Å². The molecule has 22 heavy (non-hydrogen) atoms. The van der Waals surface area contributed by atoms with Gasteiger partial charge in [-0.05, 0) is 31.8 Å². The monoisotopic (exact) mass is 308 g/mol. The highest BCUT2D eigenvalue weighted by molar-refractivity contribution is 5.88. The summed E-state index contributed by atoms with van der Waals surface area (Å²) in [6.07, 6.45) is 5.60. The van der Waals surface area contributed by atoms with E-state index in [1.54, 1.807) is 6.20 Å². The van der Waals surface area contributed by atoms with Gasteiger partial charge in [0.05, 0.1) is 11.9 Å². The zero-order valence-corrected chi connectivity index (χ0v) is 12.9. The molecule has 4 N–H and O–H groups in total. The van der Waals surface area contributed by atoms with Crippen LogP contribution in [0.2, 0.25) is 0 Å². The van der Waals surface area contributed by atoms with Crippen LogP contribution in [0.3, 0.4) is 0 Å². The van der Waals surface area contributed by atoms with Gasteiger partial charge in [-0.1, -0.05) is 6.92 Å². The molecule has 8 nitrogen and oxygen atoms in total. The quantitative estimate of drug-likeness (QED) is 0.670. The third-order valence-electron chi connectivity index (χ3n) is 3.59. The lowest BCUT2D eigenvalue weighted by Crippen LogP contribution is -2.36. The second-order valence-electron chi connectivity index (χ2n) is 5.84. The summed E-state index contributed by atoms with van der Waals surface area (Å²) in [6, 6.07) is -0.271. The number of primary amides is 1. The molecule has 8 heteroatoms. The predicted molar refractivity (Wildman–Crippen MR) is 83.3 cm³/mol. The third-order valence-corrected chi connectivity index (χ3v) is 3.59. The zero-order valence-electron chi connectivity index (χ0n) is 12.9. The molecule has 3 amide bonds. The van der Waals surface area contributed by atoms with Crippen LogP contribution in [0.4, 0.5) is 10.5 Å². The highest BCUT2D eigenvalue weighted by atomic mass is 16.2. The SMILES string of the molecule is CC(CNC(=O)Nc1cnn(CC(N)=O)c1)CN1CCCC1. The van der Waals surface area contributed by atoms with Crippen LogP contribution in [0.15, 0.2) is 12.4 Å². The first-order valence-electron chi connectivity index (χ1n) is 7.61. The number of carbonyl (C=O) groups excluding carboxylic acids is 2. The number of urea groups is 1. The van der Waals surface area contributed by atoms with E-state index in [1.807, 2.05) is 0 Å². The molecule has 1 unspecified atom stereocenters. The number of carbonyl (C=O) groups is 2. The van der Waals surface area contributed by atoms with Crippen LogP contribution in [0.1, 0.15) is 19.8 Å². The number of nitrogens with two attached hydrogens (primary N) is 1. The Balaban J connectivity index is 1.68. The number of hydrogen-bond acceptors (Lipinski definition) is 4. The van der Waals surface area contributed by atoms with E-state index < -0.39 is 5.91 Å².